The molecule has 7 nitrogen and oxygen atoms in total. The van der Waals surface area contributed by atoms with Crippen LogP contribution in [0.4, 0.5) is 11.4 Å². The molecule has 178 valence electrons. The van der Waals surface area contributed by atoms with Crippen molar-refractivity contribution in [3.8, 4) is 0 Å². The first-order chi connectivity index (χ1) is 17.0. The summed E-state index contributed by atoms with van der Waals surface area (Å²) >= 11 is 0. The molecule has 0 fully saturated rings. The number of hydrogen-bond acceptors (Lipinski definition) is 5. The number of fused-ring (bicyclic) bond motifs is 1. The fourth-order valence-corrected chi connectivity index (χ4v) is 3.93. The first-order valence-electron chi connectivity index (χ1n) is 11.5. The number of hydrogen-bond donors (Lipinski definition) is 3. The molecular formula is C28H27N3O4. The highest BCUT2D eigenvalue weighted by Gasteiger charge is 2.29. The van der Waals surface area contributed by atoms with E-state index in [-0.39, 0.29) is 18.4 Å². The molecule has 35 heavy (non-hydrogen) atoms. The number of carbonyl (C=O) groups excluding carboxylic acids is 3. The summed E-state index contributed by atoms with van der Waals surface area (Å²) in [7, 11) is 0. The average Bonchev–Trinajstić information content (AvgIpc) is 3.18. The quantitative estimate of drug-likeness (QED) is 0.334. The maximum atomic E-state index is 13.1. The van der Waals surface area contributed by atoms with E-state index in [0.29, 0.717) is 34.6 Å². The van der Waals surface area contributed by atoms with Crippen LogP contribution in [-0.2, 0) is 20.7 Å². The smallest absolute Gasteiger partial charge is 0.338 e. The zero-order valence-electron chi connectivity index (χ0n) is 19.7. The number of rotatable bonds is 8. The normalized spacial score (nSPS) is 13.5. The van der Waals surface area contributed by atoms with Gasteiger partial charge in [0.05, 0.1) is 29.1 Å². The molecule has 7 heteroatoms. The number of nitrogens with one attached hydrogen (secondary N) is 3. The lowest BCUT2D eigenvalue weighted by Gasteiger charge is -2.15. The van der Waals surface area contributed by atoms with Crippen molar-refractivity contribution in [2.24, 2.45) is 0 Å². The summed E-state index contributed by atoms with van der Waals surface area (Å²) in [5.41, 5.74) is 5.59. The van der Waals surface area contributed by atoms with Gasteiger partial charge in [0, 0.05) is 24.7 Å². The van der Waals surface area contributed by atoms with Crippen molar-refractivity contribution in [1.82, 2.24) is 5.32 Å². The Morgan fingerprint density at radius 2 is 1.69 bits per heavy atom. The van der Waals surface area contributed by atoms with Crippen LogP contribution in [0.1, 0.15) is 40.9 Å². The van der Waals surface area contributed by atoms with Gasteiger partial charge < -0.3 is 20.7 Å². The van der Waals surface area contributed by atoms with Crippen molar-refractivity contribution in [2.75, 3.05) is 23.8 Å². The molecule has 0 aromatic heterocycles. The van der Waals surface area contributed by atoms with Crippen molar-refractivity contribution in [3.63, 3.8) is 0 Å². The summed E-state index contributed by atoms with van der Waals surface area (Å²) in [5, 5.41) is 9.10. The summed E-state index contributed by atoms with van der Waals surface area (Å²) in [5.74, 6) is -0.729. The van der Waals surface area contributed by atoms with E-state index in [9.17, 15) is 14.4 Å². The summed E-state index contributed by atoms with van der Waals surface area (Å²) in [6, 6.07) is 22.6. The Hall–Kier alpha value is -4.39. The van der Waals surface area contributed by atoms with Crippen LogP contribution < -0.4 is 16.0 Å². The predicted octanol–water partition coefficient (Wildman–Crippen LogP) is 4.47. The van der Waals surface area contributed by atoms with Crippen LogP contribution in [0.25, 0.3) is 11.3 Å². The topological polar surface area (TPSA) is 96.5 Å². The fourth-order valence-electron chi connectivity index (χ4n) is 3.93. The molecule has 0 saturated heterocycles. The van der Waals surface area contributed by atoms with Crippen molar-refractivity contribution in [1.29, 1.82) is 0 Å². The second kappa shape index (κ2) is 10.7. The van der Waals surface area contributed by atoms with E-state index in [1.165, 1.54) is 6.92 Å². The molecule has 0 saturated carbocycles. The number of ether oxygens (including phenoxy) is 1. The molecule has 4 rings (SSSR count). The van der Waals surface area contributed by atoms with Gasteiger partial charge in [0.25, 0.3) is 5.91 Å². The lowest BCUT2D eigenvalue weighted by Crippen LogP contribution is -2.22. The Morgan fingerprint density at radius 3 is 2.37 bits per heavy atom. The Morgan fingerprint density at radius 1 is 0.943 bits per heavy atom. The molecule has 3 aromatic rings. The van der Waals surface area contributed by atoms with E-state index in [1.807, 2.05) is 54.6 Å². The monoisotopic (exact) mass is 469 g/mol. The van der Waals surface area contributed by atoms with Gasteiger partial charge in [0.2, 0.25) is 5.91 Å². The lowest BCUT2D eigenvalue weighted by atomic mass is 9.99. The third-order valence-electron chi connectivity index (χ3n) is 5.60. The molecule has 0 aliphatic carbocycles. The molecule has 1 aliphatic heterocycles. The van der Waals surface area contributed by atoms with Crippen LogP contribution in [0.15, 0.2) is 72.8 Å². The van der Waals surface area contributed by atoms with Gasteiger partial charge in [0.1, 0.15) is 0 Å². The second-order valence-electron chi connectivity index (χ2n) is 8.11. The van der Waals surface area contributed by atoms with E-state index < -0.39 is 5.97 Å². The molecule has 0 bridgehead atoms. The first-order valence-corrected chi connectivity index (χ1v) is 11.5. The molecular weight excluding hydrogens is 442 g/mol. The van der Waals surface area contributed by atoms with E-state index >= 15 is 0 Å². The summed E-state index contributed by atoms with van der Waals surface area (Å²) in [6.45, 7) is 4.11. The molecule has 0 atom stereocenters. The zero-order valence-corrected chi connectivity index (χ0v) is 19.7. The van der Waals surface area contributed by atoms with E-state index in [0.717, 1.165) is 23.2 Å². The SMILES string of the molecule is CCOC(=O)c1ccc2c(c1)NC(=O)/C2=C(\Nc1ccc(CCNC(C)=O)cc1)c1ccccc1. The van der Waals surface area contributed by atoms with Gasteiger partial charge >= 0.3 is 5.97 Å². The van der Waals surface area contributed by atoms with Crippen molar-refractivity contribution < 1.29 is 19.1 Å². The zero-order chi connectivity index (χ0) is 24.8. The molecule has 1 heterocycles. The molecule has 3 N–H and O–H groups in total. The maximum Gasteiger partial charge on any atom is 0.338 e. The van der Waals surface area contributed by atoms with Crippen LogP contribution in [0, 0.1) is 0 Å². The molecule has 3 aromatic carbocycles. The van der Waals surface area contributed by atoms with E-state index in [4.69, 9.17) is 4.74 Å². The molecule has 1 aliphatic rings. The minimum Gasteiger partial charge on any atom is -0.462 e. The summed E-state index contributed by atoms with van der Waals surface area (Å²) < 4.78 is 5.09. The van der Waals surface area contributed by atoms with Gasteiger partial charge in [-0.3, -0.25) is 9.59 Å². The number of benzene rings is 3. The van der Waals surface area contributed by atoms with Crippen molar-refractivity contribution in [3.05, 3.63) is 95.1 Å². The van der Waals surface area contributed by atoms with Crippen LogP contribution >= 0.6 is 0 Å². The standard InChI is InChI=1S/C28H27N3O4/c1-3-35-28(34)21-11-14-23-24(17-21)31-27(33)25(23)26(20-7-5-4-6-8-20)30-22-12-9-19(10-13-22)15-16-29-18(2)32/h4-14,17,30H,3,15-16H2,1-2H3,(H,29,32)(H,31,33)/b26-25-. The van der Waals surface area contributed by atoms with E-state index in [1.54, 1.807) is 25.1 Å². The minimum absolute atomic E-state index is 0.0492. The van der Waals surface area contributed by atoms with Gasteiger partial charge in [0.15, 0.2) is 0 Å². The van der Waals surface area contributed by atoms with Crippen LogP contribution in [0.3, 0.4) is 0 Å². The van der Waals surface area contributed by atoms with Gasteiger partial charge in [-0.25, -0.2) is 4.79 Å². The van der Waals surface area contributed by atoms with Crippen LogP contribution in [-0.4, -0.2) is 30.9 Å². The summed E-state index contributed by atoms with van der Waals surface area (Å²) in [4.78, 5) is 36.3. The second-order valence-corrected chi connectivity index (χ2v) is 8.11. The highest BCUT2D eigenvalue weighted by Crippen LogP contribution is 2.38. The first kappa shape index (κ1) is 23.8. The molecule has 0 unspecified atom stereocenters. The highest BCUT2D eigenvalue weighted by atomic mass is 16.5. The van der Waals surface area contributed by atoms with E-state index in [2.05, 4.69) is 16.0 Å². The lowest BCUT2D eigenvalue weighted by molar-refractivity contribution is -0.119. The Labute approximate surface area is 204 Å². The molecule has 0 spiro atoms. The number of amides is 2. The molecule has 0 radical (unpaired) electrons. The largest absolute Gasteiger partial charge is 0.462 e. The average molecular weight is 470 g/mol. The predicted molar refractivity (Wildman–Crippen MR) is 137 cm³/mol. The van der Waals surface area contributed by atoms with Crippen molar-refractivity contribution >= 4 is 40.4 Å². The van der Waals surface area contributed by atoms with Gasteiger partial charge in [-0.05, 0) is 48.7 Å². The Bertz CT molecular complexity index is 1280. The third-order valence-corrected chi connectivity index (χ3v) is 5.60. The molecule has 2 amide bonds. The van der Waals surface area contributed by atoms with Gasteiger partial charge in [-0.15, -0.1) is 0 Å². The third kappa shape index (κ3) is 5.58. The van der Waals surface area contributed by atoms with Crippen LogP contribution in [0.5, 0.6) is 0 Å². The fraction of sp³-hybridized carbons (Fsp3) is 0.179. The van der Waals surface area contributed by atoms with Crippen molar-refractivity contribution in [2.45, 2.75) is 20.3 Å². The Kier molecular flexibility index (Phi) is 7.26. The van der Waals surface area contributed by atoms with Gasteiger partial charge in [-0.2, -0.15) is 0 Å². The highest BCUT2D eigenvalue weighted by molar-refractivity contribution is 6.37. The Balaban J connectivity index is 1.68. The number of carbonyl (C=O) groups is 3. The van der Waals surface area contributed by atoms with Crippen LogP contribution in [0.2, 0.25) is 0 Å². The van der Waals surface area contributed by atoms with Gasteiger partial charge in [-0.1, -0.05) is 48.5 Å². The number of esters is 1. The number of anilines is 2. The minimum atomic E-state index is -0.429. The summed E-state index contributed by atoms with van der Waals surface area (Å²) in [6.07, 6.45) is 0.727. The maximum absolute atomic E-state index is 13.1.